The van der Waals surface area contributed by atoms with Gasteiger partial charge in [0.05, 0.1) is 6.10 Å². The molecule has 0 bridgehead atoms. The van der Waals surface area contributed by atoms with Crippen molar-refractivity contribution in [3.63, 3.8) is 0 Å². The monoisotopic (exact) mass is 192 g/mol. The van der Waals surface area contributed by atoms with Crippen LogP contribution >= 0.6 is 0 Å². The molecule has 1 aromatic carbocycles. The SMILES string of the molecule is CC(O)CCC(C)Cc1ccccc1. The molecule has 2 atom stereocenters. The van der Waals surface area contributed by atoms with Gasteiger partial charge in [-0.25, -0.2) is 0 Å². The van der Waals surface area contributed by atoms with E-state index < -0.39 is 0 Å². The van der Waals surface area contributed by atoms with Crippen LogP contribution in [0.1, 0.15) is 32.3 Å². The van der Waals surface area contributed by atoms with Crippen molar-refractivity contribution in [2.75, 3.05) is 0 Å². The third-order valence-corrected chi connectivity index (χ3v) is 2.50. The van der Waals surface area contributed by atoms with Crippen LogP contribution in [-0.2, 0) is 6.42 Å². The van der Waals surface area contributed by atoms with E-state index in [1.54, 1.807) is 0 Å². The maximum absolute atomic E-state index is 9.17. The number of hydrogen-bond donors (Lipinski definition) is 1. The maximum atomic E-state index is 9.17. The molecular formula is C13H20O. The van der Waals surface area contributed by atoms with E-state index in [-0.39, 0.29) is 6.10 Å². The minimum absolute atomic E-state index is 0.159. The summed E-state index contributed by atoms with van der Waals surface area (Å²) in [6.07, 6.45) is 2.97. The zero-order valence-electron chi connectivity index (χ0n) is 9.11. The molecule has 1 rings (SSSR count). The first-order valence-electron chi connectivity index (χ1n) is 5.40. The predicted octanol–water partition coefficient (Wildman–Crippen LogP) is 3.03. The highest BCUT2D eigenvalue weighted by Gasteiger charge is 2.05. The highest BCUT2D eigenvalue weighted by molar-refractivity contribution is 5.14. The number of benzene rings is 1. The van der Waals surface area contributed by atoms with Gasteiger partial charge in [0.2, 0.25) is 0 Å². The molecule has 1 aromatic rings. The Balaban J connectivity index is 2.30. The van der Waals surface area contributed by atoms with Crippen molar-refractivity contribution in [3.05, 3.63) is 35.9 Å². The Morgan fingerprint density at radius 1 is 1.07 bits per heavy atom. The molecule has 2 unspecified atom stereocenters. The fourth-order valence-electron chi connectivity index (χ4n) is 1.64. The van der Waals surface area contributed by atoms with Crippen LogP contribution in [0.4, 0.5) is 0 Å². The Kier molecular flexibility index (Phi) is 4.68. The van der Waals surface area contributed by atoms with Gasteiger partial charge in [-0.1, -0.05) is 37.3 Å². The van der Waals surface area contributed by atoms with Crippen molar-refractivity contribution >= 4 is 0 Å². The minimum atomic E-state index is -0.159. The molecule has 0 aliphatic heterocycles. The molecular weight excluding hydrogens is 172 g/mol. The van der Waals surface area contributed by atoms with Crippen LogP contribution in [0.2, 0.25) is 0 Å². The Morgan fingerprint density at radius 2 is 1.71 bits per heavy atom. The van der Waals surface area contributed by atoms with Crippen LogP contribution in [0, 0.1) is 5.92 Å². The van der Waals surface area contributed by atoms with Crippen molar-refractivity contribution in [1.29, 1.82) is 0 Å². The highest BCUT2D eigenvalue weighted by Crippen LogP contribution is 2.14. The van der Waals surface area contributed by atoms with Gasteiger partial charge in [0.1, 0.15) is 0 Å². The van der Waals surface area contributed by atoms with Crippen molar-refractivity contribution in [2.24, 2.45) is 5.92 Å². The lowest BCUT2D eigenvalue weighted by Crippen LogP contribution is -2.05. The van der Waals surface area contributed by atoms with Crippen molar-refractivity contribution < 1.29 is 5.11 Å². The van der Waals surface area contributed by atoms with Gasteiger partial charge in [-0.15, -0.1) is 0 Å². The van der Waals surface area contributed by atoms with Crippen LogP contribution in [0.5, 0.6) is 0 Å². The first kappa shape index (κ1) is 11.3. The third-order valence-electron chi connectivity index (χ3n) is 2.50. The summed E-state index contributed by atoms with van der Waals surface area (Å²) >= 11 is 0. The van der Waals surface area contributed by atoms with E-state index in [1.165, 1.54) is 5.56 Å². The summed E-state index contributed by atoms with van der Waals surface area (Å²) in [6, 6.07) is 10.5. The van der Waals surface area contributed by atoms with E-state index in [9.17, 15) is 0 Å². The summed E-state index contributed by atoms with van der Waals surface area (Å²) in [4.78, 5) is 0. The van der Waals surface area contributed by atoms with E-state index >= 15 is 0 Å². The largest absolute Gasteiger partial charge is 0.393 e. The van der Waals surface area contributed by atoms with Gasteiger partial charge >= 0.3 is 0 Å². The molecule has 78 valence electrons. The lowest BCUT2D eigenvalue weighted by molar-refractivity contribution is 0.174. The second kappa shape index (κ2) is 5.82. The van der Waals surface area contributed by atoms with Gasteiger partial charge in [-0.3, -0.25) is 0 Å². The van der Waals surface area contributed by atoms with Crippen LogP contribution in [0.3, 0.4) is 0 Å². The molecule has 0 fully saturated rings. The van der Waals surface area contributed by atoms with Gasteiger partial charge in [0.15, 0.2) is 0 Å². The number of aliphatic hydroxyl groups is 1. The molecule has 0 saturated heterocycles. The van der Waals surface area contributed by atoms with Crippen LogP contribution in [-0.4, -0.2) is 11.2 Å². The van der Waals surface area contributed by atoms with Crippen molar-refractivity contribution in [1.82, 2.24) is 0 Å². The van der Waals surface area contributed by atoms with E-state index in [4.69, 9.17) is 5.11 Å². The summed E-state index contributed by atoms with van der Waals surface area (Å²) in [5.41, 5.74) is 1.39. The standard InChI is InChI=1S/C13H20O/c1-11(8-9-12(2)14)10-13-6-4-3-5-7-13/h3-7,11-12,14H,8-10H2,1-2H3. The lowest BCUT2D eigenvalue weighted by atomic mass is 9.95. The fourth-order valence-corrected chi connectivity index (χ4v) is 1.64. The fraction of sp³-hybridized carbons (Fsp3) is 0.538. The summed E-state index contributed by atoms with van der Waals surface area (Å²) in [5.74, 6) is 0.659. The normalized spacial score (nSPS) is 15.1. The van der Waals surface area contributed by atoms with Crippen molar-refractivity contribution in [2.45, 2.75) is 39.2 Å². The highest BCUT2D eigenvalue weighted by atomic mass is 16.3. The molecule has 0 aromatic heterocycles. The van der Waals surface area contributed by atoms with Crippen LogP contribution < -0.4 is 0 Å². The molecule has 0 radical (unpaired) electrons. The van der Waals surface area contributed by atoms with Crippen LogP contribution in [0.15, 0.2) is 30.3 Å². The van der Waals surface area contributed by atoms with Crippen LogP contribution in [0.25, 0.3) is 0 Å². The summed E-state index contributed by atoms with van der Waals surface area (Å²) in [7, 11) is 0. The molecule has 1 nitrogen and oxygen atoms in total. The summed E-state index contributed by atoms with van der Waals surface area (Å²) in [6.45, 7) is 4.10. The van der Waals surface area contributed by atoms with Gasteiger partial charge < -0.3 is 5.11 Å². The molecule has 1 heteroatoms. The Labute approximate surface area is 86.8 Å². The first-order chi connectivity index (χ1) is 6.68. The Hall–Kier alpha value is -0.820. The maximum Gasteiger partial charge on any atom is 0.0512 e. The van der Waals surface area contributed by atoms with E-state index in [1.807, 2.05) is 13.0 Å². The Morgan fingerprint density at radius 3 is 2.29 bits per heavy atom. The number of rotatable bonds is 5. The average Bonchev–Trinajstić information content (AvgIpc) is 2.16. The Bertz CT molecular complexity index is 241. The van der Waals surface area contributed by atoms with Crippen molar-refractivity contribution in [3.8, 4) is 0 Å². The van der Waals surface area contributed by atoms with Gasteiger partial charge in [-0.2, -0.15) is 0 Å². The molecule has 0 amide bonds. The topological polar surface area (TPSA) is 20.2 Å². The molecule has 14 heavy (non-hydrogen) atoms. The predicted molar refractivity (Wildman–Crippen MR) is 60.2 cm³/mol. The first-order valence-corrected chi connectivity index (χ1v) is 5.40. The van der Waals surface area contributed by atoms with E-state index in [0.29, 0.717) is 5.92 Å². The number of hydrogen-bond acceptors (Lipinski definition) is 1. The lowest BCUT2D eigenvalue weighted by Gasteiger charge is -2.12. The van der Waals surface area contributed by atoms with E-state index in [2.05, 4.69) is 31.2 Å². The van der Waals surface area contributed by atoms with E-state index in [0.717, 1.165) is 19.3 Å². The molecule has 0 heterocycles. The van der Waals surface area contributed by atoms with Gasteiger partial charge in [0, 0.05) is 0 Å². The number of aliphatic hydroxyl groups excluding tert-OH is 1. The molecule has 0 aliphatic carbocycles. The molecule has 0 spiro atoms. The average molecular weight is 192 g/mol. The van der Waals surface area contributed by atoms with Gasteiger partial charge in [-0.05, 0) is 37.7 Å². The van der Waals surface area contributed by atoms with Gasteiger partial charge in [0.25, 0.3) is 0 Å². The second-order valence-corrected chi connectivity index (χ2v) is 4.22. The third kappa shape index (κ3) is 4.43. The molecule has 0 saturated carbocycles. The quantitative estimate of drug-likeness (QED) is 0.760. The zero-order valence-corrected chi connectivity index (χ0v) is 9.11. The summed E-state index contributed by atoms with van der Waals surface area (Å²) < 4.78 is 0. The zero-order chi connectivity index (χ0) is 10.4. The summed E-state index contributed by atoms with van der Waals surface area (Å²) in [5, 5.41) is 9.17. The molecule has 1 N–H and O–H groups in total. The second-order valence-electron chi connectivity index (χ2n) is 4.22. The molecule has 0 aliphatic rings. The smallest absolute Gasteiger partial charge is 0.0512 e. The minimum Gasteiger partial charge on any atom is -0.393 e.